The molecule has 1 aliphatic rings. The Hall–Kier alpha value is -1.90. The monoisotopic (exact) mass is 461 g/mol. The van der Waals surface area contributed by atoms with Gasteiger partial charge in [0.05, 0.1) is 17.5 Å². The summed E-state index contributed by atoms with van der Waals surface area (Å²) in [5.74, 6) is 0.349. The predicted molar refractivity (Wildman–Crippen MR) is 112 cm³/mol. The highest BCUT2D eigenvalue weighted by Crippen LogP contribution is 2.44. The number of aliphatic hydroxyl groups excluding tert-OH is 1. The topological polar surface area (TPSA) is 77.2 Å². The summed E-state index contributed by atoms with van der Waals surface area (Å²) in [4.78, 5) is 11.9. The molecule has 0 amide bonds. The number of halogens is 1. The number of hydrogen-bond donors (Lipinski definition) is 1. The first-order chi connectivity index (χ1) is 13.5. The summed E-state index contributed by atoms with van der Waals surface area (Å²) in [5, 5.41) is 20.6. The molecule has 0 saturated heterocycles. The Kier molecular flexibility index (Phi) is 5.70. The first kappa shape index (κ1) is 19.4. The van der Waals surface area contributed by atoms with Gasteiger partial charge >= 0.3 is 5.97 Å². The highest BCUT2D eigenvalue weighted by molar-refractivity contribution is 9.10. The third kappa shape index (κ3) is 4.09. The van der Waals surface area contributed by atoms with Crippen LogP contribution in [-0.2, 0) is 9.53 Å². The molecule has 2 aromatic carbocycles. The van der Waals surface area contributed by atoms with Gasteiger partial charge in [-0.3, -0.25) is 9.36 Å². The second kappa shape index (κ2) is 8.23. The molecule has 1 unspecified atom stereocenters. The number of fused-ring (bicyclic) bond motifs is 1. The lowest BCUT2D eigenvalue weighted by Crippen LogP contribution is -2.16. The van der Waals surface area contributed by atoms with Crippen LogP contribution in [0.25, 0.3) is 16.5 Å². The normalized spacial score (nSPS) is 15.0. The molecule has 1 atom stereocenters. The fourth-order valence-electron chi connectivity index (χ4n) is 3.18. The Morgan fingerprint density at radius 3 is 2.75 bits per heavy atom. The minimum Gasteiger partial charge on any atom is -0.462 e. The van der Waals surface area contributed by atoms with Crippen LogP contribution in [0.1, 0.15) is 31.2 Å². The van der Waals surface area contributed by atoms with E-state index < -0.39 is 12.1 Å². The molecule has 1 heterocycles. The van der Waals surface area contributed by atoms with E-state index in [1.165, 1.54) is 35.6 Å². The van der Waals surface area contributed by atoms with Gasteiger partial charge in [0, 0.05) is 5.39 Å². The largest absolute Gasteiger partial charge is 0.462 e. The first-order valence-electron chi connectivity index (χ1n) is 9.14. The highest BCUT2D eigenvalue weighted by atomic mass is 79.9. The van der Waals surface area contributed by atoms with Crippen LogP contribution in [-0.4, -0.2) is 44.3 Å². The number of aliphatic hydroxyl groups is 1. The number of thioether (sulfide) groups is 1. The van der Waals surface area contributed by atoms with Crippen molar-refractivity contribution in [1.29, 1.82) is 0 Å². The molecule has 8 heteroatoms. The summed E-state index contributed by atoms with van der Waals surface area (Å²) in [6, 6.07) is 12.6. The standard InChI is InChI=1S/C20H20BrN3O3S/c1-12(25)10-27-18(26)11-28-20-23-22-19(21)24(20)17-9-8-14(13-6-7-13)15-4-2-3-5-16(15)17/h2-5,8-9,12-13,25H,6-7,10-11H2,1H3. The first-order valence-corrected chi connectivity index (χ1v) is 10.9. The van der Waals surface area contributed by atoms with Gasteiger partial charge in [-0.15, -0.1) is 10.2 Å². The van der Waals surface area contributed by atoms with Crippen LogP contribution >= 0.6 is 27.7 Å². The quantitative estimate of drug-likeness (QED) is 0.421. The molecule has 0 bridgehead atoms. The Labute approximate surface area is 175 Å². The van der Waals surface area contributed by atoms with E-state index in [0.717, 1.165) is 11.1 Å². The summed E-state index contributed by atoms with van der Waals surface area (Å²) in [6.45, 7) is 1.56. The van der Waals surface area contributed by atoms with Gasteiger partial charge in [0.1, 0.15) is 6.61 Å². The van der Waals surface area contributed by atoms with Crippen molar-refractivity contribution in [2.75, 3.05) is 12.4 Å². The third-order valence-corrected chi connectivity index (χ3v) is 6.01. The molecule has 6 nitrogen and oxygen atoms in total. The minimum absolute atomic E-state index is 0.0109. The maximum Gasteiger partial charge on any atom is 0.316 e. The molecule has 146 valence electrons. The average Bonchev–Trinajstić information content (AvgIpc) is 3.47. The zero-order valence-electron chi connectivity index (χ0n) is 15.3. The Morgan fingerprint density at radius 1 is 1.29 bits per heavy atom. The van der Waals surface area contributed by atoms with E-state index in [1.54, 1.807) is 6.92 Å². The predicted octanol–water partition coefficient (Wildman–Crippen LogP) is 4.08. The van der Waals surface area contributed by atoms with Crippen molar-refractivity contribution in [1.82, 2.24) is 14.8 Å². The Bertz CT molecular complexity index is 1020. The Balaban J connectivity index is 1.64. The van der Waals surface area contributed by atoms with Gasteiger partial charge in [-0.05, 0) is 58.6 Å². The van der Waals surface area contributed by atoms with Crippen molar-refractivity contribution in [2.45, 2.75) is 36.9 Å². The van der Waals surface area contributed by atoms with Gasteiger partial charge in [-0.25, -0.2) is 0 Å². The van der Waals surface area contributed by atoms with E-state index in [0.29, 0.717) is 15.8 Å². The number of aromatic nitrogens is 3. The summed E-state index contributed by atoms with van der Waals surface area (Å²) in [5.41, 5.74) is 2.36. The van der Waals surface area contributed by atoms with Crippen LogP contribution in [0.2, 0.25) is 0 Å². The number of benzene rings is 2. The molecule has 0 radical (unpaired) electrons. The van der Waals surface area contributed by atoms with Crippen molar-refractivity contribution in [3.05, 3.63) is 46.7 Å². The van der Waals surface area contributed by atoms with Crippen LogP contribution in [0.15, 0.2) is 46.3 Å². The molecule has 1 aromatic heterocycles. The molecular weight excluding hydrogens is 442 g/mol. The molecule has 1 saturated carbocycles. The number of nitrogens with zero attached hydrogens (tertiary/aromatic N) is 3. The van der Waals surface area contributed by atoms with E-state index in [9.17, 15) is 9.90 Å². The van der Waals surface area contributed by atoms with Crippen molar-refractivity contribution in [2.24, 2.45) is 0 Å². The second-order valence-electron chi connectivity index (χ2n) is 6.90. The van der Waals surface area contributed by atoms with Gasteiger partial charge in [0.2, 0.25) is 4.73 Å². The fourth-order valence-corrected chi connectivity index (χ4v) is 4.48. The van der Waals surface area contributed by atoms with Gasteiger partial charge in [-0.1, -0.05) is 42.1 Å². The van der Waals surface area contributed by atoms with E-state index >= 15 is 0 Å². The van der Waals surface area contributed by atoms with Gasteiger partial charge in [0.15, 0.2) is 5.16 Å². The van der Waals surface area contributed by atoms with Crippen LogP contribution in [0.5, 0.6) is 0 Å². The van der Waals surface area contributed by atoms with E-state index in [-0.39, 0.29) is 12.4 Å². The van der Waals surface area contributed by atoms with Crippen LogP contribution in [0.4, 0.5) is 0 Å². The zero-order chi connectivity index (χ0) is 19.7. The summed E-state index contributed by atoms with van der Waals surface area (Å²) >= 11 is 4.74. The SMILES string of the molecule is CC(O)COC(=O)CSc1nnc(Br)n1-c1ccc(C2CC2)c2ccccc12. The highest BCUT2D eigenvalue weighted by Gasteiger charge is 2.26. The zero-order valence-corrected chi connectivity index (χ0v) is 17.7. The molecule has 0 aliphatic heterocycles. The molecule has 1 N–H and O–H groups in total. The molecule has 1 fully saturated rings. The lowest BCUT2D eigenvalue weighted by Gasteiger charge is -2.14. The summed E-state index contributed by atoms with van der Waals surface area (Å²) in [6.07, 6.45) is 1.81. The number of carbonyl (C=O) groups is 1. The molecule has 1 aliphatic carbocycles. The lowest BCUT2D eigenvalue weighted by atomic mass is 9.99. The lowest BCUT2D eigenvalue weighted by molar-refractivity contribution is -0.143. The van der Waals surface area contributed by atoms with Crippen molar-refractivity contribution in [3.63, 3.8) is 0 Å². The van der Waals surface area contributed by atoms with Crippen molar-refractivity contribution >= 4 is 44.4 Å². The van der Waals surface area contributed by atoms with Crippen LogP contribution in [0.3, 0.4) is 0 Å². The molecule has 4 rings (SSSR count). The van der Waals surface area contributed by atoms with Crippen molar-refractivity contribution in [3.8, 4) is 5.69 Å². The number of hydrogen-bond acceptors (Lipinski definition) is 6. The third-order valence-electron chi connectivity index (χ3n) is 4.59. The number of rotatable bonds is 7. The van der Waals surface area contributed by atoms with Gasteiger partial charge in [-0.2, -0.15) is 0 Å². The molecule has 0 spiro atoms. The molecular formula is C20H20BrN3O3S. The van der Waals surface area contributed by atoms with E-state index in [4.69, 9.17) is 4.74 Å². The fraction of sp³-hybridized carbons (Fsp3) is 0.350. The van der Waals surface area contributed by atoms with Gasteiger partial charge < -0.3 is 9.84 Å². The smallest absolute Gasteiger partial charge is 0.316 e. The molecule has 3 aromatic rings. The number of esters is 1. The second-order valence-corrected chi connectivity index (χ2v) is 8.55. The summed E-state index contributed by atoms with van der Waals surface area (Å²) in [7, 11) is 0. The number of carbonyl (C=O) groups excluding carboxylic acids is 1. The minimum atomic E-state index is -0.678. The average molecular weight is 462 g/mol. The van der Waals surface area contributed by atoms with E-state index in [2.05, 4.69) is 56.5 Å². The van der Waals surface area contributed by atoms with E-state index in [1.807, 2.05) is 10.6 Å². The number of ether oxygens (including phenoxy) is 1. The van der Waals surface area contributed by atoms with Crippen LogP contribution in [0, 0.1) is 0 Å². The van der Waals surface area contributed by atoms with Gasteiger partial charge in [0.25, 0.3) is 0 Å². The molecule has 28 heavy (non-hydrogen) atoms. The van der Waals surface area contributed by atoms with Crippen molar-refractivity contribution < 1.29 is 14.6 Å². The summed E-state index contributed by atoms with van der Waals surface area (Å²) < 4.78 is 7.51. The Morgan fingerprint density at radius 2 is 2.04 bits per heavy atom. The maximum absolute atomic E-state index is 11.9. The van der Waals surface area contributed by atoms with Crippen LogP contribution < -0.4 is 0 Å². The maximum atomic E-state index is 11.9.